The first-order valence-corrected chi connectivity index (χ1v) is 7.37. The maximum atomic E-state index is 9.53. The van der Waals surface area contributed by atoms with Gasteiger partial charge >= 0.3 is 0 Å². The Morgan fingerprint density at radius 3 is 2.63 bits per heavy atom. The van der Waals surface area contributed by atoms with Crippen LogP contribution in [0.4, 0.5) is 0 Å². The van der Waals surface area contributed by atoms with Crippen LogP contribution in [0, 0.1) is 5.41 Å². The zero-order valence-corrected chi connectivity index (χ0v) is 12.9. The molecule has 3 nitrogen and oxygen atoms in total. The van der Waals surface area contributed by atoms with Gasteiger partial charge in [-0.1, -0.05) is 59.1 Å². The van der Waals surface area contributed by atoms with Gasteiger partial charge in [-0.05, 0) is 12.1 Å². The molecule has 1 rings (SSSR count). The third-order valence-corrected chi connectivity index (χ3v) is 3.48. The third kappa shape index (κ3) is 6.43. The van der Waals surface area contributed by atoms with Crippen molar-refractivity contribution in [3.63, 3.8) is 0 Å². The summed E-state index contributed by atoms with van der Waals surface area (Å²) < 4.78 is 3.10. The lowest BCUT2D eigenvalue weighted by Crippen LogP contribution is -2.21. The standard InChI is InChI=1S/C12H12Cl3NO2S/c13-12(14,15)11(16)18-7-3-4-8-19-10-6-2-1-5-9(10)17/h1-6,16-17H,7-8H2/b4-3+,16-11?. The molecule has 0 saturated carbocycles. The van der Waals surface area contributed by atoms with E-state index in [0.29, 0.717) is 5.75 Å². The molecular weight excluding hydrogens is 329 g/mol. The molecule has 1 aromatic carbocycles. The number of phenolic OH excluding ortho intramolecular Hbond substituents is 1. The number of hydrogen-bond acceptors (Lipinski definition) is 4. The molecule has 0 spiro atoms. The largest absolute Gasteiger partial charge is 0.507 e. The molecule has 0 aliphatic carbocycles. The maximum Gasteiger partial charge on any atom is 0.265 e. The van der Waals surface area contributed by atoms with E-state index in [4.69, 9.17) is 44.9 Å². The van der Waals surface area contributed by atoms with Gasteiger partial charge in [-0.3, -0.25) is 5.41 Å². The van der Waals surface area contributed by atoms with Gasteiger partial charge < -0.3 is 9.84 Å². The van der Waals surface area contributed by atoms with Crippen LogP contribution in [0.2, 0.25) is 0 Å². The predicted molar refractivity (Wildman–Crippen MR) is 81.9 cm³/mol. The average molecular weight is 341 g/mol. The second kappa shape index (κ2) is 7.90. The number of thioether (sulfide) groups is 1. The Morgan fingerprint density at radius 1 is 1.32 bits per heavy atom. The zero-order chi connectivity index (χ0) is 14.3. The van der Waals surface area contributed by atoms with Gasteiger partial charge in [0.05, 0.1) is 0 Å². The predicted octanol–water partition coefficient (Wildman–Crippen LogP) is 4.40. The van der Waals surface area contributed by atoms with Crippen LogP contribution >= 0.6 is 46.6 Å². The Balaban J connectivity index is 2.25. The second-order valence-electron chi connectivity index (χ2n) is 3.39. The van der Waals surface area contributed by atoms with E-state index in [2.05, 4.69) is 0 Å². The Hall–Kier alpha value is -0.550. The summed E-state index contributed by atoms with van der Waals surface area (Å²) in [5, 5.41) is 16.8. The van der Waals surface area contributed by atoms with Gasteiger partial charge in [-0.15, -0.1) is 11.8 Å². The number of phenols is 1. The van der Waals surface area contributed by atoms with Crippen molar-refractivity contribution in [1.29, 1.82) is 5.41 Å². The van der Waals surface area contributed by atoms with Crippen LogP contribution < -0.4 is 0 Å². The van der Waals surface area contributed by atoms with Gasteiger partial charge in [0.2, 0.25) is 5.90 Å². The molecule has 0 unspecified atom stereocenters. The molecule has 0 saturated heterocycles. The van der Waals surface area contributed by atoms with E-state index < -0.39 is 9.69 Å². The maximum absolute atomic E-state index is 9.53. The quantitative estimate of drug-likeness (QED) is 0.274. The topological polar surface area (TPSA) is 53.3 Å². The van der Waals surface area contributed by atoms with Crippen molar-refractivity contribution in [2.75, 3.05) is 12.4 Å². The van der Waals surface area contributed by atoms with E-state index in [9.17, 15) is 5.11 Å². The van der Waals surface area contributed by atoms with Crippen molar-refractivity contribution >= 4 is 52.5 Å². The molecule has 0 aromatic heterocycles. The smallest absolute Gasteiger partial charge is 0.265 e. The SMILES string of the molecule is N=C(OC/C=C/CSc1ccccc1O)C(Cl)(Cl)Cl. The van der Waals surface area contributed by atoms with E-state index in [1.54, 1.807) is 18.2 Å². The van der Waals surface area contributed by atoms with E-state index >= 15 is 0 Å². The van der Waals surface area contributed by atoms with Gasteiger partial charge in [0.25, 0.3) is 3.79 Å². The van der Waals surface area contributed by atoms with Crippen LogP contribution in [0.3, 0.4) is 0 Å². The minimum atomic E-state index is -1.82. The number of halogens is 3. The van der Waals surface area contributed by atoms with Crippen molar-refractivity contribution in [2.24, 2.45) is 0 Å². The third-order valence-electron chi connectivity index (χ3n) is 1.95. The fourth-order valence-electron chi connectivity index (χ4n) is 1.07. The molecule has 0 aliphatic heterocycles. The zero-order valence-electron chi connectivity index (χ0n) is 9.78. The Labute approximate surface area is 131 Å². The van der Waals surface area contributed by atoms with Crippen molar-refractivity contribution in [2.45, 2.75) is 8.69 Å². The molecule has 1 aromatic rings. The normalized spacial score (nSPS) is 11.7. The number of rotatable bonds is 5. The van der Waals surface area contributed by atoms with Crippen LogP contribution in [-0.2, 0) is 4.74 Å². The molecule has 0 heterocycles. The highest BCUT2D eigenvalue weighted by Gasteiger charge is 2.28. The lowest BCUT2D eigenvalue weighted by Gasteiger charge is -2.11. The van der Waals surface area contributed by atoms with Gasteiger partial charge in [0.1, 0.15) is 12.4 Å². The van der Waals surface area contributed by atoms with E-state index in [1.165, 1.54) is 11.8 Å². The van der Waals surface area contributed by atoms with Gasteiger partial charge in [0, 0.05) is 10.6 Å². The molecule has 0 radical (unpaired) electrons. The Bertz CT molecular complexity index is 461. The molecule has 0 fully saturated rings. The van der Waals surface area contributed by atoms with Crippen LogP contribution in [-0.4, -0.2) is 27.2 Å². The Kier molecular flexibility index (Phi) is 6.86. The highest BCUT2D eigenvalue weighted by Crippen LogP contribution is 2.28. The summed E-state index contributed by atoms with van der Waals surface area (Å²) in [5.41, 5.74) is 0. The first-order chi connectivity index (χ1) is 8.91. The lowest BCUT2D eigenvalue weighted by molar-refractivity contribution is 0.340. The summed E-state index contributed by atoms with van der Waals surface area (Å²) in [7, 11) is 0. The summed E-state index contributed by atoms with van der Waals surface area (Å²) in [5.74, 6) is 0.521. The van der Waals surface area contributed by atoms with Gasteiger partial charge in [0.15, 0.2) is 0 Å². The van der Waals surface area contributed by atoms with Gasteiger partial charge in [-0.25, -0.2) is 0 Å². The molecule has 0 amide bonds. The van der Waals surface area contributed by atoms with E-state index in [-0.39, 0.29) is 12.4 Å². The lowest BCUT2D eigenvalue weighted by atomic mass is 10.3. The average Bonchev–Trinajstić information content (AvgIpc) is 2.34. The molecule has 0 aliphatic rings. The first kappa shape index (κ1) is 16.5. The number of hydrogen-bond donors (Lipinski definition) is 2. The summed E-state index contributed by atoms with van der Waals surface area (Å²) in [4.78, 5) is 0.808. The fraction of sp³-hybridized carbons (Fsp3) is 0.250. The number of para-hydroxylation sites is 1. The summed E-state index contributed by atoms with van der Waals surface area (Å²) in [6.07, 6.45) is 3.57. The van der Waals surface area contributed by atoms with Crippen LogP contribution in [0.5, 0.6) is 5.75 Å². The summed E-state index contributed by atoms with van der Waals surface area (Å²) in [6.45, 7) is 0.161. The minimum absolute atomic E-state index is 0.161. The van der Waals surface area contributed by atoms with Crippen molar-refractivity contribution in [3.8, 4) is 5.75 Å². The monoisotopic (exact) mass is 339 g/mol. The van der Waals surface area contributed by atoms with Crippen molar-refractivity contribution in [3.05, 3.63) is 36.4 Å². The summed E-state index contributed by atoms with van der Waals surface area (Å²) >= 11 is 17.8. The van der Waals surface area contributed by atoms with E-state index in [0.717, 1.165) is 4.90 Å². The van der Waals surface area contributed by atoms with Crippen LogP contribution in [0.1, 0.15) is 0 Å². The fourth-order valence-corrected chi connectivity index (χ4v) is 2.03. The highest BCUT2D eigenvalue weighted by molar-refractivity contribution is 7.99. The van der Waals surface area contributed by atoms with Gasteiger partial charge in [-0.2, -0.15) is 0 Å². The molecule has 0 bridgehead atoms. The number of ether oxygens (including phenoxy) is 1. The molecule has 104 valence electrons. The number of alkyl halides is 3. The molecule has 0 atom stereocenters. The number of benzene rings is 1. The number of nitrogens with one attached hydrogen (secondary N) is 1. The highest BCUT2D eigenvalue weighted by atomic mass is 35.6. The molecule has 19 heavy (non-hydrogen) atoms. The van der Waals surface area contributed by atoms with E-state index in [1.807, 2.05) is 18.2 Å². The Morgan fingerprint density at radius 2 is 2.00 bits per heavy atom. The number of aromatic hydroxyl groups is 1. The first-order valence-electron chi connectivity index (χ1n) is 5.25. The molecular formula is C12H12Cl3NO2S. The van der Waals surface area contributed by atoms with Crippen molar-refractivity contribution < 1.29 is 9.84 Å². The second-order valence-corrected chi connectivity index (χ2v) is 6.73. The summed E-state index contributed by atoms with van der Waals surface area (Å²) in [6, 6.07) is 7.10. The molecule has 7 heteroatoms. The van der Waals surface area contributed by atoms with Crippen molar-refractivity contribution in [1.82, 2.24) is 0 Å². The minimum Gasteiger partial charge on any atom is -0.507 e. The van der Waals surface area contributed by atoms with Crippen LogP contribution in [0.25, 0.3) is 0 Å². The van der Waals surface area contributed by atoms with Crippen LogP contribution in [0.15, 0.2) is 41.3 Å². The molecule has 2 N–H and O–H groups in total.